The van der Waals surface area contributed by atoms with E-state index >= 15 is 4.39 Å². The number of ether oxygens (including phenoxy) is 1. The number of fused-ring (bicyclic) bond motifs is 1. The van der Waals surface area contributed by atoms with E-state index in [9.17, 15) is 26.4 Å². The van der Waals surface area contributed by atoms with Crippen molar-refractivity contribution in [2.45, 2.75) is 11.1 Å². The third-order valence-corrected chi connectivity index (χ3v) is 7.18. The van der Waals surface area contributed by atoms with E-state index in [0.717, 1.165) is 34.9 Å². The lowest BCUT2D eigenvalue weighted by Crippen LogP contribution is -2.19. The molecule has 8 nitrogen and oxygen atoms in total. The van der Waals surface area contributed by atoms with Crippen molar-refractivity contribution >= 4 is 26.9 Å². The second kappa shape index (κ2) is 9.58. The molecule has 200 valence electrons. The van der Waals surface area contributed by atoms with E-state index in [0.29, 0.717) is 5.39 Å². The van der Waals surface area contributed by atoms with Crippen LogP contribution < -0.4 is 15.0 Å². The van der Waals surface area contributed by atoms with Gasteiger partial charge in [0.05, 0.1) is 35.0 Å². The number of pyridine rings is 1. The van der Waals surface area contributed by atoms with Crippen LogP contribution in [0.25, 0.3) is 27.7 Å². The van der Waals surface area contributed by atoms with Crippen molar-refractivity contribution in [2.75, 3.05) is 11.8 Å². The highest BCUT2D eigenvalue weighted by Crippen LogP contribution is 2.35. The van der Waals surface area contributed by atoms with Crippen molar-refractivity contribution in [2.24, 2.45) is 0 Å². The Morgan fingerprint density at radius 1 is 1.00 bits per heavy atom. The Morgan fingerprint density at radius 2 is 1.74 bits per heavy atom. The molecule has 5 rings (SSSR count). The third kappa shape index (κ3) is 4.95. The Hall–Kier alpha value is -4.65. The smallest absolute Gasteiger partial charge is 0.416 e. The van der Waals surface area contributed by atoms with Gasteiger partial charge in [0.1, 0.15) is 17.8 Å². The lowest BCUT2D eigenvalue weighted by atomic mass is 10.0. The van der Waals surface area contributed by atoms with Gasteiger partial charge >= 0.3 is 12.2 Å². The first-order valence-corrected chi connectivity index (χ1v) is 12.6. The molecule has 5 aromatic rings. The fourth-order valence-electron chi connectivity index (χ4n) is 4.03. The Labute approximate surface area is 218 Å². The van der Waals surface area contributed by atoms with Crippen molar-refractivity contribution in [3.8, 4) is 22.6 Å². The third-order valence-electron chi connectivity index (χ3n) is 5.86. The second-order valence-electron chi connectivity index (χ2n) is 8.25. The summed E-state index contributed by atoms with van der Waals surface area (Å²) in [6.45, 7) is 0. The Balaban J connectivity index is 1.60. The van der Waals surface area contributed by atoms with E-state index in [2.05, 4.69) is 9.71 Å². The van der Waals surface area contributed by atoms with Gasteiger partial charge in [-0.15, -0.1) is 0 Å². The monoisotopic (exact) mass is 559 g/mol. The summed E-state index contributed by atoms with van der Waals surface area (Å²) in [6.07, 6.45) is -2.07. The molecule has 0 saturated heterocycles. The normalized spacial score (nSPS) is 12.0. The van der Waals surface area contributed by atoms with E-state index in [4.69, 9.17) is 9.15 Å². The lowest BCUT2D eigenvalue weighted by molar-refractivity contribution is -0.137. The highest BCUT2D eigenvalue weighted by Gasteiger charge is 2.30. The predicted octanol–water partition coefficient (Wildman–Crippen LogP) is 5.61. The molecule has 0 aliphatic heterocycles. The maximum atomic E-state index is 15.3. The van der Waals surface area contributed by atoms with Gasteiger partial charge in [-0.1, -0.05) is 12.1 Å². The van der Waals surface area contributed by atoms with Crippen LogP contribution in [-0.2, 0) is 16.2 Å². The highest BCUT2D eigenvalue weighted by molar-refractivity contribution is 7.92. The molecular weight excluding hydrogens is 542 g/mol. The fraction of sp³-hybridized carbons (Fsp3) is 0.0769. The highest BCUT2D eigenvalue weighted by atomic mass is 32.2. The van der Waals surface area contributed by atoms with Gasteiger partial charge in [0.2, 0.25) is 0 Å². The molecule has 0 atom stereocenters. The van der Waals surface area contributed by atoms with Crippen molar-refractivity contribution in [1.29, 1.82) is 0 Å². The van der Waals surface area contributed by atoms with Crippen LogP contribution in [0.1, 0.15) is 5.56 Å². The maximum Gasteiger partial charge on any atom is 0.416 e. The average molecular weight is 559 g/mol. The Morgan fingerprint density at radius 3 is 2.38 bits per heavy atom. The number of alkyl halides is 3. The maximum absolute atomic E-state index is 15.3. The molecule has 2 aromatic heterocycles. The number of nitrogens with one attached hydrogen (secondary N) is 1. The van der Waals surface area contributed by atoms with E-state index in [1.807, 2.05) is 0 Å². The first-order valence-electron chi connectivity index (χ1n) is 11.1. The zero-order valence-corrected chi connectivity index (χ0v) is 20.7. The van der Waals surface area contributed by atoms with Crippen LogP contribution in [0.3, 0.4) is 0 Å². The summed E-state index contributed by atoms with van der Waals surface area (Å²) in [4.78, 5) is 16.5. The number of hydrogen-bond donors (Lipinski definition) is 1. The number of halogens is 4. The van der Waals surface area contributed by atoms with Gasteiger partial charge in [-0.05, 0) is 48.0 Å². The van der Waals surface area contributed by atoms with Gasteiger partial charge in [-0.3, -0.25) is 9.36 Å². The fourth-order valence-corrected chi connectivity index (χ4v) is 5.01. The molecule has 0 saturated carbocycles. The minimum absolute atomic E-state index is 0.00905. The first kappa shape index (κ1) is 26.0. The quantitative estimate of drug-likeness (QED) is 0.271. The minimum Gasteiger partial charge on any atom is -0.495 e. The molecule has 13 heteroatoms. The van der Waals surface area contributed by atoms with Crippen molar-refractivity contribution < 1.29 is 35.1 Å². The molecule has 3 aromatic carbocycles. The van der Waals surface area contributed by atoms with Gasteiger partial charge in [0.15, 0.2) is 0 Å². The van der Waals surface area contributed by atoms with Crippen molar-refractivity contribution in [3.05, 3.63) is 101 Å². The zero-order chi connectivity index (χ0) is 27.9. The number of rotatable bonds is 6. The molecule has 0 aliphatic rings. The Kier molecular flexibility index (Phi) is 6.38. The molecule has 0 aliphatic carbocycles. The molecule has 0 radical (unpaired) electrons. The summed E-state index contributed by atoms with van der Waals surface area (Å²) < 4.78 is 93.3. The largest absolute Gasteiger partial charge is 0.495 e. The average Bonchev–Trinajstić information content (AvgIpc) is 3.40. The number of methoxy groups -OCH3 is 1. The number of nitrogens with zero attached hydrogens (tertiary/aromatic N) is 2. The van der Waals surface area contributed by atoms with E-state index in [1.165, 1.54) is 56.0 Å². The van der Waals surface area contributed by atoms with Gasteiger partial charge in [0, 0.05) is 23.1 Å². The first-order chi connectivity index (χ1) is 18.5. The topological polar surface area (TPSA) is 103 Å². The van der Waals surface area contributed by atoms with Crippen LogP contribution in [0.4, 0.5) is 23.6 Å². The van der Waals surface area contributed by atoms with Crippen LogP contribution >= 0.6 is 0 Å². The van der Waals surface area contributed by atoms with Crippen molar-refractivity contribution in [1.82, 2.24) is 9.55 Å². The van der Waals surface area contributed by atoms with Gasteiger partial charge in [0.25, 0.3) is 15.6 Å². The zero-order valence-electron chi connectivity index (χ0n) is 19.9. The Bertz CT molecular complexity index is 1850. The molecule has 0 unspecified atom stereocenters. The van der Waals surface area contributed by atoms with E-state index in [-0.39, 0.29) is 39.0 Å². The summed E-state index contributed by atoms with van der Waals surface area (Å²) in [7, 11) is -2.79. The van der Waals surface area contributed by atoms with Crippen LogP contribution in [0.2, 0.25) is 0 Å². The molecule has 0 bridgehead atoms. The molecule has 39 heavy (non-hydrogen) atoms. The molecular formula is C26H17F4N3O5S. The number of sulfonamides is 1. The summed E-state index contributed by atoms with van der Waals surface area (Å²) in [5, 5.41) is 0.333. The number of hydrogen-bond acceptors (Lipinski definition) is 6. The predicted molar refractivity (Wildman–Crippen MR) is 134 cm³/mol. The summed E-state index contributed by atoms with van der Waals surface area (Å²) in [5.74, 6) is -0.757. The SMILES string of the molecule is COc1cc(-c2ccc(C(F)(F)F)cc2)c(F)cc1-n1c(=O)ccc2cc(S(=O)(=O)Nc3ncco3)ccc21. The van der Waals surface area contributed by atoms with Gasteiger partial charge in [-0.2, -0.15) is 13.2 Å². The summed E-state index contributed by atoms with van der Waals surface area (Å²) in [6, 6.07) is 12.6. The molecule has 2 heterocycles. The molecule has 0 fully saturated rings. The van der Waals surface area contributed by atoms with E-state index < -0.39 is 33.1 Å². The standard InChI is InChI=1S/C26H17F4N3O5S/c1-37-23-13-19(15-2-5-17(6-3-15)26(28,29)30)20(27)14-22(23)33-21-8-7-18(12-16(21)4-9-24(33)34)39(35,36)32-25-31-10-11-38-25/h2-14H,1H3,(H,31,32). The van der Waals surface area contributed by atoms with Crippen molar-refractivity contribution in [3.63, 3.8) is 0 Å². The van der Waals surface area contributed by atoms with Crippen LogP contribution in [0.5, 0.6) is 5.75 Å². The van der Waals surface area contributed by atoms with Crippen LogP contribution in [0.15, 0.2) is 93.3 Å². The molecule has 0 amide bonds. The van der Waals surface area contributed by atoms with E-state index in [1.54, 1.807) is 0 Å². The number of benzene rings is 3. The summed E-state index contributed by atoms with van der Waals surface area (Å²) >= 11 is 0. The minimum atomic E-state index is -4.54. The molecule has 1 N–H and O–H groups in total. The van der Waals surface area contributed by atoms with Gasteiger partial charge in [-0.25, -0.2) is 22.5 Å². The lowest BCUT2D eigenvalue weighted by Gasteiger charge is -2.17. The van der Waals surface area contributed by atoms with Crippen LogP contribution in [0, 0.1) is 5.82 Å². The molecule has 0 spiro atoms. The number of oxazole rings is 1. The summed E-state index contributed by atoms with van der Waals surface area (Å²) in [5.41, 5.74) is -1.05. The van der Waals surface area contributed by atoms with Crippen LogP contribution in [-0.4, -0.2) is 25.1 Å². The van der Waals surface area contributed by atoms with Gasteiger partial charge < -0.3 is 9.15 Å². The number of aromatic nitrogens is 2. The second-order valence-corrected chi connectivity index (χ2v) is 9.93. The number of anilines is 1.